The predicted octanol–water partition coefficient (Wildman–Crippen LogP) is 4.03. The first-order valence-electron chi connectivity index (χ1n) is 11.2. The summed E-state index contributed by atoms with van der Waals surface area (Å²) in [6.45, 7) is 2.61. The largest absolute Gasteiger partial charge is 0.496 e. The molecular weight excluding hydrogens is 458 g/mol. The molecule has 1 aliphatic heterocycles. The Hall–Kier alpha value is -3.17. The van der Waals surface area contributed by atoms with E-state index in [1.165, 1.54) is 35.7 Å². The van der Waals surface area contributed by atoms with Crippen LogP contribution in [0.3, 0.4) is 0 Å². The highest BCUT2D eigenvalue weighted by Gasteiger charge is 2.27. The first-order valence-corrected chi connectivity index (χ1v) is 12.6. The Morgan fingerprint density at radius 1 is 1.03 bits per heavy atom. The zero-order chi connectivity index (χ0) is 24.3. The number of ether oxygens (including phenoxy) is 2. The van der Waals surface area contributed by atoms with E-state index < -0.39 is 21.6 Å². The second-order valence-corrected chi connectivity index (χ2v) is 10.3. The van der Waals surface area contributed by atoms with Gasteiger partial charge in [-0.05, 0) is 49.6 Å². The monoisotopic (exact) mass is 485 g/mol. The standard InChI is InChI=1S/C25H27NO7S/c1-17-7-9-20-18(14-24(27)33-23(20)13-17)16-32-25(28)21-15-19(8-10-22(21)31-2)34(29,30)26-11-5-3-4-6-12-26/h7-10,13-15H,3-6,11-12,16H2,1-2H3. The van der Waals surface area contributed by atoms with Crippen molar-refractivity contribution in [2.24, 2.45) is 0 Å². The molecule has 0 radical (unpaired) electrons. The van der Waals surface area contributed by atoms with Gasteiger partial charge in [0.1, 0.15) is 23.5 Å². The van der Waals surface area contributed by atoms with E-state index in [9.17, 15) is 18.0 Å². The number of hydrogen-bond donors (Lipinski definition) is 0. The van der Waals surface area contributed by atoms with Crippen LogP contribution in [0.4, 0.5) is 0 Å². The third kappa shape index (κ3) is 5.00. The number of carbonyl (C=O) groups is 1. The summed E-state index contributed by atoms with van der Waals surface area (Å²) in [5.74, 6) is -0.550. The molecule has 8 nitrogen and oxygen atoms in total. The van der Waals surface area contributed by atoms with Gasteiger partial charge in [-0.15, -0.1) is 0 Å². The number of aryl methyl sites for hydroxylation is 1. The summed E-state index contributed by atoms with van der Waals surface area (Å²) in [5, 5.41) is 0.655. The summed E-state index contributed by atoms with van der Waals surface area (Å²) in [7, 11) is -2.36. The Bertz CT molecular complexity index is 1370. The molecule has 0 saturated carbocycles. The van der Waals surface area contributed by atoms with Crippen molar-refractivity contribution in [3.05, 3.63) is 69.6 Å². The Labute approximate surface area is 198 Å². The molecular formula is C25H27NO7S. The van der Waals surface area contributed by atoms with Gasteiger partial charge in [0.25, 0.3) is 0 Å². The fraction of sp³-hybridized carbons (Fsp3) is 0.360. The molecule has 0 amide bonds. The number of esters is 1. The number of carbonyl (C=O) groups excluding carboxylic acids is 1. The Balaban J connectivity index is 1.61. The predicted molar refractivity (Wildman–Crippen MR) is 127 cm³/mol. The first kappa shape index (κ1) is 24.0. The fourth-order valence-corrected chi connectivity index (χ4v) is 5.66. The number of benzene rings is 2. The molecule has 0 bridgehead atoms. The lowest BCUT2D eigenvalue weighted by Gasteiger charge is -2.20. The highest BCUT2D eigenvalue weighted by molar-refractivity contribution is 7.89. The SMILES string of the molecule is COc1ccc(S(=O)(=O)N2CCCCCC2)cc1C(=O)OCc1cc(=O)oc2cc(C)ccc12. The zero-order valence-electron chi connectivity index (χ0n) is 19.2. The summed E-state index contributed by atoms with van der Waals surface area (Å²) >= 11 is 0. The van der Waals surface area contributed by atoms with E-state index >= 15 is 0 Å². The Morgan fingerprint density at radius 3 is 2.47 bits per heavy atom. The van der Waals surface area contributed by atoms with E-state index in [4.69, 9.17) is 13.9 Å². The summed E-state index contributed by atoms with van der Waals surface area (Å²) < 4.78 is 43.9. The summed E-state index contributed by atoms with van der Waals surface area (Å²) in [6.07, 6.45) is 3.61. The number of sulfonamides is 1. The summed E-state index contributed by atoms with van der Waals surface area (Å²) in [4.78, 5) is 25.0. The quantitative estimate of drug-likeness (QED) is 0.384. The van der Waals surface area contributed by atoms with E-state index in [0.29, 0.717) is 29.6 Å². The average molecular weight is 486 g/mol. The molecule has 1 aliphatic rings. The van der Waals surface area contributed by atoms with Crippen molar-refractivity contribution in [3.63, 3.8) is 0 Å². The van der Waals surface area contributed by atoms with Gasteiger partial charge in [-0.2, -0.15) is 4.31 Å². The minimum Gasteiger partial charge on any atom is -0.496 e. The van der Waals surface area contributed by atoms with Crippen molar-refractivity contribution in [1.82, 2.24) is 4.31 Å². The molecule has 1 aromatic heterocycles. The molecule has 0 unspecified atom stereocenters. The van der Waals surface area contributed by atoms with E-state index in [0.717, 1.165) is 31.2 Å². The van der Waals surface area contributed by atoms with Crippen LogP contribution < -0.4 is 10.4 Å². The van der Waals surface area contributed by atoms with Gasteiger partial charge in [0.05, 0.1) is 12.0 Å². The van der Waals surface area contributed by atoms with Crippen LogP contribution in [0, 0.1) is 6.92 Å². The van der Waals surface area contributed by atoms with Crippen LogP contribution >= 0.6 is 0 Å². The van der Waals surface area contributed by atoms with Crippen molar-refractivity contribution in [1.29, 1.82) is 0 Å². The van der Waals surface area contributed by atoms with Gasteiger partial charge in [0.15, 0.2) is 0 Å². The van der Waals surface area contributed by atoms with Gasteiger partial charge >= 0.3 is 11.6 Å². The number of hydrogen-bond acceptors (Lipinski definition) is 7. The van der Waals surface area contributed by atoms with E-state index in [2.05, 4.69) is 0 Å². The molecule has 9 heteroatoms. The van der Waals surface area contributed by atoms with E-state index in [1.54, 1.807) is 12.1 Å². The van der Waals surface area contributed by atoms with E-state index in [1.807, 2.05) is 13.0 Å². The third-order valence-electron chi connectivity index (χ3n) is 5.94. The molecule has 0 N–H and O–H groups in total. The lowest BCUT2D eigenvalue weighted by atomic mass is 10.1. The normalized spacial score (nSPS) is 15.1. The highest BCUT2D eigenvalue weighted by atomic mass is 32.2. The lowest BCUT2D eigenvalue weighted by molar-refractivity contribution is 0.0470. The smallest absolute Gasteiger partial charge is 0.342 e. The minimum atomic E-state index is -3.76. The Kier molecular flexibility index (Phi) is 7.04. The molecule has 4 rings (SSSR count). The maximum atomic E-state index is 13.2. The maximum Gasteiger partial charge on any atom is 0.342 e. The van der Waals surface area contributed by atoms with Crippen LogP contribution in [0.2, 0.25) is 0 Å². The van der Waals surface area contributed by atoms with Gasteiger partial charge in [0, 0.05) is 30.1 Å². The minimum absolute atomic E-state index is 0.00140. The second-order valence-electron chi connectivity index (χ2n) is 8.35. The molecule has 1 fully saturated rings. The Morgan fingerprint density at radius 2 is 1.76 bits per heavy atom. The number of fused-ring (bicyclic) bond motifs is 1. The summed E-state index contributed by atoms with van der Waals surface area (Å²) in [5.41, 5.74) is 1.28. The van der Waals surface area contributed by atoms with Crippen molar-refractivity contribution >= 4 is 27.0 Å². The van der Waals surface area contributed by atoms with Gasteiger partial charge in [-0.25, -0.2) is 18.0 Å². The molecule has 0 atom stereocenters. The zero-order valence-corrected chi connectivity index (χ0v) is 20.0. The highest BCUT2D eigenvalue weighted by Crippen LogP contribution is 2.27. The molecule has 2 aromatic carbocycles. The van der Waals surface area contributed by atoms with Crippen molar-refractivity contribution in [2.75, 3.05) is 20.2 Å². The second kappa shape index (κ2) is 9.99. The van der Waals surface area contributed by atoms with Crippen LogP contribution in [0.25, 0.3) is 11.0 Å². The van der Waals surface area contributed by atoms with Gasteiger partial charge in [-0.1, -0.05) is 25.0 Å². The molecule has 0 aliphatic carbocycles. The third-order valence-corrected chi connectivity index (χ3v) is 7.83. The topological polar surface area (TPSA) is 103 Å². The van der Waals surface area contributed by atoms with Crippen molar-refractivity contribution in [2.45, 2.75) is 44.1 Å². The van der Waals surface area contributed by atoms with Crippen molar-refractivity contribution in [3.8, 4) is 5.75 Å². The molecule has 0 spiro atoms. The van der Waals surface area contributed by atoms with Crippen LogP contribution in [0.15, 0.2) is 56.6 Å². The maximum absolute atomic E-state index is 13.2. The van der Waals surface area contributed by atoms with Crippen LogP contribution in [-0.2, 0) is 21.4 Å². The first-order chi connectivity index (χ1) is 16.3. The van der Waals surface area contributed by atoms with Crippen LogP contribution in [0.5, 0.6) is 5.75 Å². The molecule has 180 valence electrons. The van der Waals surface area contributed by atoms with Crippen molar-refractivity contribution < 1.29 is 27.1 Å². The number of rotatable bonds is 6. The van der Waals surface area contributed by atoms with Gasteiger partial charge in [-0.3, -0.25) is 0 Å². The number of nitrogens with zero attached hydrogens (tertiary/aromatic N) is 1. The molecule has 2 heterocycles. The fourth-order valence-electron chi connectivity index (χ4n) is 4.12. The molecule has 1 saturated heterocycles. The van der Waals surface area contributed by atoms with Crippen LogP contribution in [-0.4, -0.2) is 38.9 Å². The van der Waals surface area contributed by atoms with Gasteiger partial charge < -0.3 is 13.9 Å². The summed E-state index contributed by atoms with van der Waals surface area (Å²) in [6, 6.07) is 10.9. The average Bonchev–Trinajstić information content (AvgIpc) is 3.11. The number of methoxy groups -OCH3 is 1. The van der Waals surface area contributed by atoms with Crippen LogP contribution in [0.1, 0.15) is 47.2 Å². The molecule has 34 heavy (non-hydrogen) atoms. The lowest BCUT2D eigenvalue weighted by Crippen LogP contribution is -2.32. The van der Waals surface area contributed by atoms with Gasteiger partial charge in [0.2, 0.25) is 10.0 Å². The van der Waals surface area contributed by atoms with E-state index in [-0.39, 0.29) is 22.8 Å². The molecule has 3 aromatic rings.